The molecule has 2 aromatic rings. The Kier molecular flexibility index (Phi) is 10.8. The van der Waals surface area contributed by atoms with Crippen molar-refractivity contribution in [3.05, 3.63) is 66.8 Å². The van der Waals surface area contributed by atoms with Crippen LogP contribution in [-0.4, -0.2) is 49.8 Å². The van der Waals surface area contributed by atoms with Gasteiger partial charge in [-0.3, -0.25) is 0 Å². The molecule has 0 amide bonds. The summed E-state index contributed by atoms with van der Waals surface area (Å²) in [5, 5.41) is 10.2. The second-order valence-electron chi connectivity index (χ2n) is 9.58. The van der Waals surface area contributed by atoms with Crippen molar-refractivity contribution >= 4 is 11.9 Å². The van der Waals surface area contributed by atoms with E-state index in [0.29, 0.717) is 28.4 Å². The average molecular weight is 513 g/mol. The molecule has 0 aliphatic rings. The molecular weight excluding hydrogens is 476 g/mol. The third-order valence-corrected chi connectivity index (χ3v) is 4.92. The lowest BCUT2D eigenvalue weighted by atomic mass is 9.96. The highest BCUT2D eigenvalue weighted by atomic mass is 16.6. The molecule has 0 spiro atoms. The van der Waals surface area contributed by atoms with E-state index in [2.05, 4.69) is 13.2 Å². The minimum absolute atomic E-state index is 0.0606. The first kappa shape index (κ1) is 29.5. The molecule has 0 fully saturated rings. The van der Waals surface area contributed by atoms with E-state index in [1.54, 1.807) is 32.0 Å². The summed E-state index contributed by atoms with van der Waals surface area (Å²) in [5.74, 6) is 0.574. The molecular formula is C29H36O8. The molecule has 1 unspecified atom stereocenters. The summed E-state index contributed by atoms with van der Waals surface area (Å²) < 4.78 is 27.4. The van der Waals surface area contributed by atoms with Crippen LogP contribution in [0.4, 0.5) is 0 Å². The zero-order valence-electron chi connectivity index (χ0n) is 22.2. The average Bonchev–Trinajstić information content (AvgIpc) is 2.83. The minimum atomic E-state index is -0.951. The van der Waals surface area contributed by atoms with Crippen molar-refractivity contribution in [2.24, 2.45) is 5.41 Å². The van der Waals surface area contributed by atoms with Gasteiger partial charge >= 0.3 is 11.9 Å². The highest BCUT2D eigenvalue weighted by Gasteiger charge is 2.23. The molecule has 0 aliphatic heterocycles. The van der Waals surface area contributed by atoms with Gasteiger partial charge in [-0.1, -0.05) is 46.1 Å². The molecule has 1 atom stereocenters. The first-order valence-electron chi connectivity index (χ1n) is 11.9. The largest absolute Gasteiger partial charge is 0.490 e. The van der Waals surface area contributed by atoms with E-state index in [9.17, 15) is 14.7 Å². The summed E-state index contributed by atoms with van der Waals surface area (Å²) in [5.41, 5.74) is 1.86. The van der Waals surface area contributed by atoms with Crippen molar-refractivity contribution < 1.29 is 38.4 Å². The Hall–Kier alpha value is -3.78. The van der Waals surface area contributed by atoms with Gasteiger partial charge in [-0.25, -0.2) is 9.59 Å². The Morgan fingerprint density at radius 2 is 1.22 bits per heavy atom. The van der Waals surface area contributed by atoms with E-state index in [1.807, 2.05) is 45.0 Å². The third-order valence-electron chi connectivity index (χ3n) is 4.92. The third kappa shape index (κ3) is 10.0. The quantitative estimate of drug-likeness (QED) is 0.171. The topological polar surface area (TPSA) is 101 Å². The van der Waals surface area contributed by atoms with Crippen LogP contribution in [0.5, 0.6) is 17.2 Å². The second kappa shape index (κ2) is 13.5. The Morgan fingerprint density at radius 1 is 0.757 bits per heavy atom. The van der Waals surface area contributed by atoms with Gasteiger partial charge in [0, 0.05) is 22.6 Å². The van der Waals surface area contributed by atoms with Gasteiger partial charge in [-0.2, -0.15) is 0 Å². The summed E-state index contributed by atoms with van der Waals surface area (Å²) in [6.07, 6.45) is -0.951. The minimum Gasteiger partial charge on any atom is -0.490 e. The van der Waals surface area contributed by atoms with E-state index in [-0.39, 0.29) is 26.4 Å². The molecule has 0 heterocycles. The molecule has 0 bridgehead atoms. The normalized spacial score (nSPS) is 11.7. The molecule has 1 N–H and O–H groups in total. The maximum Gasteiger partial charge on any atom is 0.333 e. The number of aliphatic hydroxyl groups excluding tert-OH is 1. The van der Waals surface area contributed by atoms with E-state index in [0.717, 1.165) is 11.1 Å². The Labute approximate surface area is 218 Å². The van der Waals surface area contributed by atoms with E-state index < -0.39 is 23.6 Å². The fraction of sp³-hybridized carbons (Fsp3) is 0.379. The van der Waals surface area contributed by atoms with Gasteiger partial charge in [0.15, 0.2) is 0 Å². The number of carbonyl (C=O) groups is 2. The molecule has 37 heavy (non-hydrogen) atoms. The fourth-order valence-electron chi connectivity index (χ4n) is 2.77. The molecule has 8 nitrogen and oxygen atoms in total. The molecule has 2 rings (SSSR count). The van der Waals surface area contributed by atoms with Crippen molar-refractivity contribution in [1.29, 1.82) is 0 Å². The number of aliphatic hydroxyl groups is 1. The molecule has 0 saturated carbocycles. The van der Waals surface area contributed by atoms with Crippen LogP contribution in [0, 0.1) is 5.41 Å². The summed E-state index contributed by atoms with van der Waals surface area (Å²) in [6.45, 7) is 16.3. The monoisotopic (exact) mass is 512 g/mol. The van der Waals surface area contributed by atoms with E-state index in [4.69, 9.17) is 23.7 Å². The summed E-state index contributed by atoms with van der Waals surface area (Å²) in [7, 11) is 0. The number of rotatable bonds is 13. The number of ether oxygens (including phenoxy) is 5. The maximum absolute atomic E-state index is 11.6. The number of carbonyl (C=O) groups excluding carboxylic acids is 2. The lowest BCUT2D eigenvalue weighted by molar-refractivity contribution is -0.140. The Bertz CT molecular complexity index is 1040. The van der Waals surface area contributed by atoms with Crippen LogP contribution < -0.4 is 14.2 Å². The van der Waals surface area contributed by atoms with Crippen LogP contribution in [-0.2, 0) is 19.1 Å². The SMILES string of the molecule is C=C(C)C(=O)OCCOc1cc(OCCOC(=O)C(=C)C)cc(-c2ccc(OC(O)C(C)(C)C)cc2)c1. The van der Waals surface area contributed by atoms with Crippen molar-refractivity contribution in [2.75, 3.05) is 26.4 Å². The number of esters is 2. The van der Waals surface area contributed by atoms with Crippen molar-refractivity contribution in [2.45, 2.75) is 40.9 Å². The van der Waals surface area contributed by atoms with Gasteiger partial charge in [0.2, 0.25) is 6.29 Å². The summed E-state index contributed by atoms with van der Waals surface area (Å²) in [4.78, 5) is 23.1. The van der Waals surface area contributed by atoms with E-state index >= 15 is 0 Å². The molecule has 0 radical (unpaired) electrons. The van der Waals surface area contributed by atoms with Gasteiger partial charge in [0.1, 0.15) is 43.7 Å². The second-order valence-corrected chi connectivity index (χ2v) is 9.58. The lowest BCUT2D eigenvalue weighted by Crippen LogP contribution is -2.31. The molecule has 0 aliphatic carbocycles. The predicted octanol–water partition coefficient (Wildman–Crippen LogP) is 5.09. The molecule has 2 aromatic carbocycles. The van der Waals surface area contributed by atoms with E-state index in [1.165, 1.54) is 0 Å². The number of hydrogen-bond donors (Lipinski definition) is 1. The fourth-order valence-corrected chi connectivity index (χ4v) is 2.77. The lowest BCUT2D eigenvalue weighted by Gasteiger charge is -2.26. The van der Waals surface area contributed by atoms with Gasteiger partial charge in [-0.15, -0.1) is 0 Å². The summed E-state index contributed by atoms with van der Waals surface area (Å²) >= 11 is 0. The van der Waals surface area contributed by atoms with Crippen LogP contribution in [0.25, 0.3) is 11.1 Å². The maximum atomic E-state index is 11.6. The zero-order valence-corrected chi connectivity index (χ0v) is 22.2. The number of benzene rings is 2. The standard InChI is InChI=1S/C29H36O8/c1-19(2)26(30)35-14-12-33-24-16-22(17-25(18-24)34-13-15-36-27(31)20(3)4)21-8-10-23(11-9-21)37-28(32)29(5,6)7/h8-11,16-18,28,32H,1,3,12-15H2,2,4-7H3. The highest BCUT2D eigenvalue weighted by Crippen LogP contribution is 2.32. The Balaban J connectivity index is 2.15. The highest BCUT2D eigenvalue weighted by molar-refractivity contribution is 5.87. The van der Waals surface area contributed by atoms with Crippen LogP contribution in [0.3, 0.4) is 0 Å². The van der Waals surface area contributed by atoms with Crippen LogP contribution in [0.2, 0.25) is 0 Å². The molecule has 0 aromatic heterocycles. The molecule has 200 valence electrons. The van der Waals surface area contributed by atoms with Crippen LogP contribution in [0.1, 0.15) is 34.6 Å². The van der Waals surface area contributed by atoms with Crippen LogP contribution >= 0.6 is 0 Å². The van der Waals surface area contributed by atoms with Gasteiger partial charge < -0.3 is 28.8 Å². The van der Waals surface area contributed by atoms with Crippen molar-refractivity contribution in [1.82, 2.24) is 0 Å². The summed E-state index contributed by atoms with van der Waals surface area (Å²) in [6, 6.07) is 12.6. The van der Waals surface area contributed by atoms with Crippen molar-refractivity contribution in [3.8, 4) is 28.4 Å². The molecule has 8 heteroatoms. The molecule has 0 saturated heterocycles. The van der Waals surface area contributed by atoms with Crippen LogP contribution in [0.15, 0.2) is 66.8 Å². The smallest absolute Gasteiger partial charge is 0.333 e. The number of hydrogen-bond acceptors (Lipinski definition) is 8. The predicted molar refractivity (Wildman–Crippen MR) is 141 cm³/mol. The van der Waals surface area contributed by atoms with Gasteiger partial charge in [0.05, 0.1) is 0 Å². The van der Waals surface area contributed by atoms with Gasteiger partial charge in [-0.05, 0) is 49.2 Å². The Morgan fingerprint density at radius 3 is 1.62 bits per heavy atom. The first-order valence-corrected chi connectivity index (χ1v) is 11.9. The zero-order chi connectivity index (χ0) is 27.6. The van der Waals surface area contributed by atoms with Gasteiger partial charge in [0.25, 0.3) is 0 Å². The van der Waals surface area contributed by atoms with Crippen molar-refractivity contribution in [3.63, 3.8) is 0 Å². The first-order chi connectivity index (χ1) is 17.4.